The molecule has 6 atom stereocenters. The van der Waals surface area contributed by atoms with Crippen LogP contribution in [0.3, 0.4) is 0 Å². The fraction of sp³-hybridized carbons (Fsp3) is 0.529. The summed E-state index contributed by atoms with van der Waals surface area (Å²) in [6.07, 6.45) is 7.18. The zero-order chi connectivity index (χ0) is 31.0. The molecule has 1 aromatic carbocycles. The van der Waals surface area contributed by atoms with Crippen LogP contribution in [0.5, 0.6) is 11.9 Å². The molecule has 1 spiro atoms. The summed E-state index contributed by atoms with van der Waals surface area (Å²) >= 11 is 0. The van der Waals surface area contributed by atoms with Gasteiger partial charge in [-0.3, -0.25) is 9.88 Å². The van der Waals surface area contributed by atoms with Crippen LogP contribution < -0.4 is 19.7 Å². The number of hydrogen-bond acceptors (Lipinski definition) is 9. The smallest absolute Gasteiger partial charge is 0.319 e. The molecule has 1 aliphatic carbocycles. The van der Waals surface area contributed by atoms with Crippen molar-refractivity contribution in [3.8, 4) is 23.1 Å². The summed E-state index contributed by atoms with van der Waals surface area (Å²) in [6.45, 7) is 4.06. The van der Waals surface area contributed by atoms with E-state index in [2.05, 4.69) is 20.1 Å². The Hall–Kier alpha value is -3.77. The molecule has 10 rings (SSSR count). The SMILES string of the molecule is C[C@@H]1Oc2nc(-c3cncc4ccccc34)c(F)c3nc(OC[C@@]45CCCN4CC4(CC4(F)F)C5)nc(c23)N2C[C@H]3CC[C@H](N3)[C@@H]12. The molecular formula is C34H34F3N7O2. The Kier molecular flexibility index (Phi) is 5.46. The number of aromatic nitrogens is 4. The number of halogens is 3. The monoisotopic (exact) mass is 629 g/mol. The molecule has 238 valence electrons. The lowest BCUT2D eigenvalue weighted by Crippen LogP contribution is -2.62. The van der Waals surface area contributed by atoms with E-state index < -0.39 is 22.7 Å². The van der Waals surface area contributed by atoms with Gasteiger partial charge in [-0.05, 0) is 51.0 Å². The molecule has 5 aliphatic heterocycles. The Morgan fingerprint density at radius 2 is 1.98 bits per heavy atom. The first-order chi connectivity index (χ1) is 22.2. The summed E-state index contributed by atoms with van der Waals surface area (Å²) in [5.41, 5.74) is -0.743. The lowest BCUT2D eigenvalue weighted by atomic mass is 9.89. The van der Waals surface area contributed by atoms with Crippen molar-refractivity contribution in [1.29, 1.82) is 0 Å². The van der Waals surface area contributed by atoms with Crippen LogP contribution in [-0.2, 0) is 0 Å². The van der Waals surface area contributed by atoms with Crippen LogP contribution in [0, 0.1) is 11.2 Å². The van der Waals surface area contributed by atoms with Gasteiger partial charge >= 0.3 is 6.01 Å². The van der Waals surface area contributed by atoms with Crippen molar-refractivity contribution in [3.63, 3.8) is 0 Å². The highest BCUT2D eigenvalue weighted by Gasteiger charge is 2.77. The fourth-order valence-electron chi connectivity index (χ4n) is 9.49. The maximum atomic E-state index is 16.9. The molecule has 9 nitrogen and oxygen atoms in total. The summed E-state index contributed by atoms with van der Waals surface area (Å²) in [5.74, 6) is -2.39. The molecule has 5 fully saturated rings. The number of hydrogen-bond donors (Lipinski definition) is 1. The van der Waals surface area contributed by atoms with Crippen molar-refractivity contribution in [3.05, 3.63) is 42.5 Å². The topological polar surface area (TPSA) is 88.5 Å². The Morgan fingerprint density at radius 3 is 2.85 bits per heavy atom. The van der Waals surface area contributed by atoms with E-state index in [0.717, 1.165) is 43.0 Å². The highest BCUT2D eigenvalue weighted by atomic mass is 19.3. The molecule has 12 heteroatoms. The maximum absolute atomic E-state index is 16.9. The van der Waals surface area contributed by atoms with Crippen LogP contribution in [0.4, 0.5) is 19.0 Å². The third-order valence-corrected chi connectivity index (χ3v) is 11.7. The first-order valence-electron chi connectivity index (χ1n) is 16.4. The van der Waals surface area contributed by atoms with Gasteiger partial charge in [-0.25, -0.2) is 18.2 Å². The molecule has 1 unspecified atom stereocenters. The van der Waals surface area contributed by atoms with Gasteiger partial charge in [-0.2, -0.15) is 9.97 Å². The molecular weight excluding hydrogens is 595 g/mol. The number of rotatable bonds is 4. The largest absolute Gasteiger partial charge is 0.472 e. The zero-order valence-corrected chi connectivity index (χ0v) is 25.5. The summed E-state index contributed by atoms with van der Waals surface area (Å²) in [5, 5.41) is 5.84. The second kappa shape index (κ2) is 9.19. The standard InChI is InChI=1S/C34H34F3N7O2/c1-18-28-23-8-7-20(39-23)13-44(28)29-24-27(25(35)26(40-30(24)46-18)22-12-38-11-19-5-2-3-6-21(19)22)41-31(42-29)45-17-33-9-4-10-43(33)16-32(14-33)15-34(32,36)37/h2-3,5-6,11-12,18,20,23,28,39H,4,7-10,13-17H2,1H3/t18-,20+,23-,28+,32?,33-/m0/s1. The number of ether oxygens (including phenoxy) is 2. The molecule has 4 aromatic rings. The fourth-order valence-corrected chi connectivity index (χ4v) is 9.49. The molecule has 8 heterocycles. The van der Waals surface area contributed by atoms with E-state index in [4.69, 9.17) is 24.4 Å². The van der Waals surface area contributed by atoms with Gasteiger partial charge in [0, 0.05) is 54.9 Å². The molecule has 0 radical (unpaired) electrons. The van der Waals surface area contributed by atoms with E-state index in [1.165, 1.54) is 0 Å². The van der Waals surface area contributed by atoms with Crippen LogP contribution in [0.15, 0.2) is 36.7 Å². The van der Waals surface area contributed by atoms with Gasteiger partial charge in [0.25, 0.3) is 5.92 Å². The summed E-state index contributed by atoms with van der Waals surface area (Å²) in [6, 6.07) is 8.13. The van der Waals surface area contributed by atoms with Crippen molar-refractivity contribution >= 4 is 27.5 Å². The first kappa shape index (κ1) is 27.4. The van der Waals surface area contributed by atoms with Gasteiger partial charge in [0.05, 0.1) is 17.0 Å². The third kappa shape index (κ3) is 3.71. The Labute approximate surface area is 263 Å². The van der Waals surface area contributed by atoms with E-state index in [0.29, 0.717) is 36.3 Å². The van der Waals surface area contributed by atoms with Gasteiger partial charge in [-0.15, -0.1) is 0 Å². The van der Waals surface area contributed by atoms with Crippen molar-refractivity contribution in [2.75, 3.05) is 31.1 Å². The molecule has 46 heavy (non-hydrogen) atoms. The molecule has 1 saturated carbocycles. The van der Waals surface area contributed by atoms with Crippen molar-refractivity contribution in [1.82, 2.24) is 30.2 Å². The highest BCUT2D eigenvalue weighted by Crippen LogP contribution is 2.69. The van der Waals surface area contributed by atoms with E-state index in [9.17, 15) is 8.78 Å². The number of fused-ring (bicyclic) bond motifs is 7. The van der Waals surface area contributed by atoms with Crippen LogP contribution in [0.1, 0.15) is 45.4 Å². The second-order valence-corrected chi connectivity index (χ2v) is 14.4. The molecule has 3 aromatic heterocycles. The minimum absolute atomic E-state index is 0.0458. The van der Waals surface area contributed by atoms with Crippen molar-refractivity contribution < 1.29 is 22.6 Å². The molecule has 1 N–H and O–H groups in total. The molecule has 0 amide bonds. The average Bonchev–Trinajstić information content (AvgIpc) is 3.36. The van der Waals surface area contributed by atoms with Crippen LogP contribution in [0.2, 0.25) is 0 Å². The van der Waals surface area contributed by atoms with Gasteiger partial charge < -0.3 is 19.7 Å². The number of benzene rings is 1. The van der Waals surface area contributed by atoms with Crippen LogP contribution in [0.25, 0.3) is 32.9 Å². The minimum Gasteiger partial charge on any atom is -0.472 e. The lowest BCUT2D eigenvalue weighted by Gasteiger charge is -2.42. The minimum atomic E-state index is -2.63. The Balaban J connectivity index is 1.13. The number of nitrogens with one attached hydrogen (secondary N) is 1. The van der Waals surface area contributed by atoms with E-state index in [-0.39, 0.29) is 60.4 Å². The molecule has 4 saturated heterocycles. The molecule has 2 bridgehead atoms. The third-order valence-electron chi connectivity index (χ3n) is 11.7. The van der Waals surface area contributed by atoms with E-state index in [1.807, 2.05) is 31.2 Å². The van der Waals surface area contributed by atoms with Gasteiger partial charge in [0.1, 0.15) is 35.1 Å². The Morgan fingerprint density at radius 1 is 1.11 bits per heavy atom. The second-order valence-electron chi connectivity index (χ2n) is 14.4. The van der Waals surface area contributed by atoms with E-state index >= 15 is 4.39 Å². The normalized spacial score (nSPS) is 33.7. The summed E-state index contributed by atoms with van der Waals surface area (Å²) in [7, 11) is 0. The number of alkyl halides is 2. The summed E-state index contributed by atoms with van der Waals surface area (Å²) < 4.78 is 58.9. The number of nitrogens with zero attached hydrogens (tertiary/aromatic N) is 6. The van der Waals surface area contributed by atoms with Gasteiger partial charge in [-0.1, -0.05) is 24.3 Å². The number of anilines is 1. The van der Waals surface area contributed by atoms with Crippen molar-refractivity contribution in [2.24, 2.45) is 5.41 Å². The summed E-state index contributed by atoms with van der Waals surface area (Å²) in [4.78, 5) is 23.3. The number of piperazine rings is 1. The van der Waals surface area contributed by atoms with Gasteiger partial charge in [0.15, 0.2) is 5.82 Å². The van der Waals surface area contributed by atoms with Crippen LogP contribution >= 0.6 is 0 Å². The number of pyridine rings is 2. The van der Waals surface area contributed by atoms with Gasteiger partial charge in [0.2, 0.25) is 5.88 Å². The predicted octanol–water partition coefficient (Wildman–Crippen LogP) is 5.11. The first-order valence-corrected chi connectivity index (χ1v) is 16.4. The average molecular weight is 630 g/mol. The van der Waals surface area contributed by atoms with Crippen molar-refractivity contribution in [2.45, 2.75) is 81.1 Å². The zero-order valence-electron chi connectivity index (χ0n) is 25.5. The lowest BCUT2D eigenvalue weighted by molar-refractivity contribution is 0.0647. The maximum Gasteiger partial charge on any atom is 0.319 e. The van der Waals surface area contributed by atoms with E-state index in [1.54, 1.807) is 12.4 Å². The van der Waals surface area contributed by atoms with Crippen LogP contribution in [-0.4, -0.2) is 86.8 Å². The quantitative estimate of drug-likeness (QED) is 0.331. The predicted molar refractivity (Wildman–Crippen MR) is 165 cm³/mol. The highest BCUT2D eigenvalue weighted by molar-refractivity contribution is 6.01. The Bertz CT molecular complexity index is 1940. The molecule has 6 aliphatic rings.